The van der Waals surface area contributed by atoms with Gasteiger partial charge in [0.05, 0.1) is 5.56 Å². The summed E-state index contributed by atoms with van der Waals surface area (Å²) in [6.45, 7) is 0.0613. The standard InChI is InChI=1S/C16H10Cl2O4/c17-14(19)11-6-7-12(13(8-11)15(18)20)16(21)22-9-10-4-2-1-3-5-10/h1-8H,9H2. The normalized spacial score (nSPS) is 10.1. The van der Waals surface area contributed by atoms with Crippen molar-refractivity contribution in [3.8, 4) is 0 Å². The monoisotopic (exact) mass is 336 g/mol. The molecule has 4 nitrogen and oxygen atoms in total. The van der Waals surface area contributed by atoms with E-state index in [4.69, 9.17) is 27.9 Å². The molecular weight excluding hydrogens is 327 g/mol. The molecule has 0 bridgehead atoms. The molecule has 0 heterocycles. The molecule has 0 aromatic heterocycles. The van der Waals surface area contributed by atoms with E-state index in [0.717, 1.165) is 5.56 Å². The van der Waals surface area contributed by atoms with Gasteiger partial charge in [0, 0.05) is 11.1 Å². The van der Waals surface area contributed by atoms with E-state index in [0.29, 0.717) is 0 Å². The summed E-state index contributed by atoms with van der Waals surface area (Å²) in [5, 5.41) is -1.62. The Kier molecular flexibility index (Phi) is 5.31. The van der Waals surface area contributed by atoms with Gasteiger partial charge in [-0.15, -0.1) is 0 Å². The molecule has 2 aromatic rings. The highest BCUT2D eigenvalue weighted by Crippen LogP contribution is 2.18. The van der Waals surface area contributed by atoms with Gasteiger partial charge in [-0.05, 0) is 47.0 Å². The fourth-order valence-electron chi connectivity index (χ4n) is 1.81. The number of carbonyl (C=O) groups is 3. The predicted octanol–water partition coefficient (Wildman–Crippen LogP) is 3.80. The fraction of sp³-hybridized carbons (Fsp3) is 0.0625. The lowest BCUT2D eigenvalue weighted by atomic mass is 10.1. The van der Waals surface area contributed by atoms with E-state index < -0.39 is 16.5 Å². The molecule has 2 aromatic carbocycles. The molecule has 0 amide bonds. The fourth-order valence-corrected chi connectivity index (χ4v) is 2.08. The van der Waals surface area contributed by atoms with Crippen molar-refractivity contribution in [1.29, 1.82) is 0 Å². The van der Waals surface area contributed by atoms with Crippen LogP contribution in [0.5, 0.6) is 0 Å². The molecule has 0 saturated heterocycles. The van der Waals surface area contributed by atoms with E-state index >= 15 is 0 Å². The van der Waals surface area contributed by atoms with Crippen molar-refractivity contribution in [2.24, 2.45) is 0 Å². The van der Waals surface area contributed by atoms with Gasteiger partial charge in [-0.25, -0.2) is 4.79 Å². The van der Waals surface area contributed by atoms with E-state index in [9.17, 15) is 14.4 Å². The van der Waals surface area contributed by atoms with Gasteiger partial charge in [0.25, 0.3) is 10.5 Å². The summed E-state index contributed by atoms with van der Waals surface area (Å²) in [6.07, 6.45) is 0. The van der Waals surface area contributed by atoms with Crippen molar-refractivity contribution in [3.63, 3.8) is 0 Å². The second-order valence-electron chi connectivity index (χ2n) is 4.37. The van der Waals surface area contributed by atoms with E-state index in [-0.39, 0.29) is 23.3 Å². The molecule has 6 heteroatoms. The van der Waals surface area contributed by atoms with Crippen LogP contribution < -0.4 is 0 Å². The van der Waals surface area contributed by atoms with Crippen LogP contribution in [0.25, 0.3) is 0 Å². The van der Waals surface area contributed by atoms with Gasteiger partial charge in [0.2, 0.25) is 0 Å². The molecule has 0 fully saturated rings. The largest absolute Gasteiger partial charge is 0.457 e. The number of esters is 1. The maximum Gasteiger partial charge on any atom is 0.339 e. The minimum atomic E-state index is -0.869. The van der Waals surface area contributed by atoms with Gasteiger partial charge < -0.3 is 4.74 Å². The lowest BCUT2D eigenvalue weighted by Crippen LogP contribution is -2.11. The third kappa shape index (κ3) is 3.93. The second kappa shape index (κ2) is 7.20. The van der Waals surface area contributed by atoms with Gasteiger partial charge in [-0.2, -0.15) is 0 Å². The number of ether oxygens (including phenoxy) is 1. The van der Waals surface area contributed by atoms with Crippen molar-refractivity contribution in [3.05, 3.63) is 70.8 Å². The maximum absolute atomic E-state index is 12.1. The quantitative estimate of drug-likeness (QED) is 0.615. The summed E-state index contributed by atoms with van der Waals surface area (Å²) in [7, 11) is 0. The number of rotatable bonds is 5. The lowest BCUT2D eigenvalue weighted by Gasteiger charge is -2.08. The SMILES string of the molecule is O=C(Cl)c1ccc(C(=O)OCc2ccccc2)c(C(=O)Cl)c1. The Bertz CT molecular complexity index is 726. The zero-order valence-electron chi connectivity index (χ0n) is 11.2. The van der Waals surface area contributed by atoms with E-state index in [1.807, 2.05) is 18.2 Å². The Morgan fingerprint density at radius 2 is 1.55 bits per heavy atom. The molecular formula is C16H10Cl2O4. The van der Waals surface area contributed by atoms with Gasteiger partial charge in [-0.3, -0.25) is 9.59 Å². The molecule has 2 rings (SSSR count). The Morgan fingerprint density at radius 1 is 0.864 bits per heavy atom. The zero-order valence-corrected chi connectivity index (χ0v) is 12.7. The van der Waals surface area contributed by atoms with Gasteiger partial charge in [0.1, 0.15) is 6.61 Å². The van der Waals surface area contributed by atoms with Gasteiger partial charge in [0.15, 0.2) is 0 Å². The van der Waals surface area contributed by atoms with Crippen molar-refractivity contribution in [2.45, 2.75) is 6.61 Å². The van der Waals surface area contributed by atoms with Crippen LogP contribution in [0.2, 0.25) is 0 Å². The molecule has 0 saturated carbocycles. The van der Waals surface area contributed by atoms with Gasteiger partial charge in [-0.1, -0.05) is 30.3 Å². The summed E-state index contributed by atoms with van der Waals surface area (Å²) in [5.74, 6) is -0.707. The first-order valence-corrected chi connectivity index (χ1v) is 6.99. The Hall–Kier alpha value is -2.17. The topological polar surface area (TPSA) is 60.4 Å². The van der Waals surface area contributed by atoms with Crippen LogP contribution in [-0.2, 0) is 11.3 Å². The molecule has 0 spiro atoms. The van der Waals surface area contributed by atoms with Crippen molar-refractivity contribution in [1.82, 2.24) is 0 Å². The number of hydrogen-bond acceptors (Lipinski definition) is 4. The molecule has 0 unspecified atom stereocenters. The Labute approximate surface area is 136 Å². The molecule has 0 radical (unpaired) electrons. The predicted molar refractivity (Wildman–Crippen MR) is 82.4 cm³/mol. The van der Waals surface area contributed by atoms with Crippen LogP contribution in [0.4, 0.5) is 0 Å². The Morgan fingerprint density at radius 3 is 2.14 bits per heavy atom. The summed E-state index contributed by atoms with van der Waals surface area (Å²) in [4.78, 5) is 34.6. The number of carbonyl (C=O) groups excluding carboxylic acids is 3. The Balaban J connectivity index is 2.22. The first-order chi connectivity index (χ1) is 10.5. The van der Waals surface area contributed by atoms with E-state index in [2.05, 4.69) is 0 Å². The van der Waals surface area contributed by atoms with Gasteiger partial charge >= 0.3 is 5.97 Å². The van der Waals surface area contributed by atoms with Crippen molar-refractivity contribution < 1.29 is 19.1 Å². The highest BCUT2D eigenvalue weighted by atomic mass is 35.5. The summed E-state index contributed by atoms with van der Waals surface area (Å²) in [6, 6.07) is 12.9. The molecule has 22 heavy (non-hydrogen) atoms. The first-order valence-electron chi connectivity index (χ1n) is 6.24. The van der Waals surface area contributed by atoms with Crippen LogP contribution in [0, 0.1) is 0 Å². The van der Waals surface area contributed by atoms with E-state index in [1.54, 1.807) is 12.1 Å². The molecule has 0 N–H and O–H groups in total. The third-order valence-corrected chi connectivity index (χ3v) is 3.31. The van der Waals surface area contributed by atoms with E-state index in [1.165, 1.54) is 18.2 Å². The average Bonchev–Trinajstić information content (AvgIpc) is 2.52. The summed E-state index contributed by atoms with van der Waals surface area (Å²) in [5.41, 5.74) is 0.747. The average molecular weight is 337 g/mol. The van der Waals surface area contributed by atoms with Crippen LogP contribution in [-0.4, -0.2) is 16.5 Å². The zero-order chi connectivity index (χ0) is 16.1. The molecule has 0 atom stereocenters. The van der Waals surface area contributed by atoms with Crippen LogP contribution in [0.15, 0.2) is 48.5 Å². The number of halogens is 2. The van der Waals surface area contributed by atoms with Crippen LogP contribution in [0.3, 0.4) is 0 Å². The minimum Gasteiger partial charge on any atom is -0.457 e. The first kappa shape index (κ1) is 16.2. The third-order valence-electron chi connectivity index (χ3n) is 2.89. The van der Waals surface area contributed by atoms with Crippen LogP contribution >= 0.6 is 23.2 Å². The summed E-state index contributed by atoms with van der Waals surface area (Å²) < 4.78 is 5.14. The highest BCUT2D eigenvalue weighted by Gasteiger charge is 2.19. The van der Waals surface area contributed by atoms with Crippen molar-refractivity contribution in [2.75, 3.05) is 0 Å². The maximum atomic E-state index is 12.1. The molecule has 0 aliphatic rings. The van der Waals surface area contributed by atoms with Crippen LogP contribution in [0.1, 0.15) is 36.6 Å². The number of hydrogen-bond donors (Lipinski definition) is 0. The molecule has 112 valence electrons. The lowest BCUT2D eigenvalue weighted by molar-refractivity contribution is 0.0470. The highest BCUT2D eigenvalue weighted by molar-refractivity contribution is 6.69. The van der Waals surface area contributed by atoms with Crippen molar-refractivity contribution >= 4 is 39.7 Å². The second-order valence-corrected chi connectivity index (χ2v) is 5.06. The smallest absolute Gasteiger partial charge is 0.339 e. The molecule has 0 aliphatic carbocycles. The number of benzene rings is 2. The minimum absolute atomic E-state index is 0.0161. The summed E-state index contributed by atoms with van der Waals surface area (Å²) >= 11 is 10.8. The molecule has 0 aliphatic heterocycles.